The van der Waals surface area contributed by atoms with Crippen LogP contribution in [-0.2, 0) is 12.0 Å². The van der Waals surface area contributed by atoms with Crippen molar-refractivity contribution in [2.45, 2.75) is 70.9 Å². The van der Waals surface area contributed by atoms with Gasteiger partial charge in [0.25, 0.3) is 0 Å². The molecule has 5 heteroatoms. The van der Waals surface area contributed by atoms with Crippen LogP contribution in [0, 0.1) is 0 Å². The van der Waals surface area contributed by atoms with Gasteiger partial charge in [-0.1, -0.05) is 40.0 Å². The third-order valence-electron chi connectivity index (χ3n) is 3.66. The van der Waals surface area contributed by atoms with Crippen molar-refractivity contribution < 1.29 is 0 Å². The average molecular weight is 294 g/mol. The largest absolute Gasteiger partial charge is 0.370 e. The van der Waals surface area contributed by atoms with Gasteiger partial charge in [-0.15, -0.1) is 11.3 Å². The van der Waals surface area contributed by atoms with Crippen LogP contribution in [0.15, 0.2) is 10.4 Å². The molecule has 112 valence electrons. The Labute approximate surface area is 125 Å². The topological polar surface area (TPSA) is 63.3 Å². The molecule has 0 radical (unpaired) electrons. The van der Waals surface area contributed by atoms with E-state index in [0.717, 1.165) is 10.7 Å². The van der Waals surface area contributed by atoms with Gasteiger partial charge in [-0.2, -0.15) is 0 Å². The van der Waals surface area contributed by atoms with Gasteiger partial charge in [-0.25, -0.2) is 9.98 Å². The molecule has 1 aliphatic carbocycles. The molecule has 2 rings (SSSR count). The Balaban J connectivity index is 1.86. The van der Waals surface area contributed by atoms with E-state index in [9.17, 15) is 0 Å². The fourth-order valence-corrected chi connectivity index (χ4v) is 3.33. The molecule has 20 heavy (non-hydrogen) atoms. The van der Waals surface area contributed by atoms with E-state index in [4.69, 9.17) is 5.73 Å². The first-order valence-corrected chi connectivity index (χ1v) is 8.34. The summed E-state index contributed by atoms with van der Waals surface area (Å²) < 4.78 is 0. The van der Waals surface area contributed by atoms with Crippen LogP contribution in [0.2, 0.25) is 0 Å². The summed E-state index contributed by atoms with van der Waals surface area (Å²) in [7, 11) is 0. The lowest BCUT2D eigenvalue weighted by atomic mass is 9.93. The Hall–Kier alpha value is -1.10. The number of nitrogens with one attached hydrogen (secondary N) is 1. The minimum Gasteiger partial charge on any atom is -0.370 e. The summed E-state index contributed by atoms with van der Waals surface area (Å²) in [5.41, 5.74) is 7.19. The minimum absolute atomic E-state index is 0.102. The molecule has 0 aliphatic heterocycles. The molecule has 1 saturated carbocycles. The van der Waals surface area contributed by atoms with Crippen LogP contribution < -0.4 is 11.1 Å². The van der Waals surface area contributed by atoms with E-state index in [0.29, 0.717) is 18.5 Å². The smallest absolute Gasteiger partial charge is 0.189 e. The highest BCUT2D eigenvalue weighted by atomic mass is 32.1. The number of hydrogen-bond acceptors (Lipinski definition) is 3. The maximum absolute atomic E-state index is 5.96. The Bertz CT molecular complexity index is 453. The molecule has 1 aromatic heterocycles. The third kappa shape index (κ3) is 4.47. The van der Waals surface area contributed by atoms with Crippen LogP contribution in [-0.4, -0.2) is 17.0 Å². The monoisotopic (exact) mass is 294 g/mol. The van der Waals surface area contributed by atoms with Crippen molar-refractivity contribution in [3.63, 3.8) is 0 Å². The quantitative estimate of drug-likeness (QED) is 0.665. The zero-order chi connectivity index (χ0) is 14.6. The molecule has 1 heterocycles. The molecule has 3 N–H and O–H groups in total. The lowest BCUT2D eigenvalue weighted by Crippen LogP contribution is -2.41. The SMILES string of the molecule is CC(C)(C)c1csc(CN=C(N)NC2CCCCC2)n1. The standard InChI is InChI=1S/C15H26N4S/c1-15(2,3)12-10-20-13(19-12)9-17-14(16)18-11-7-5-4-6-8-11/h10-11H,4-9H2,1-3H3,(H3,16,17,18). The lowest BCUT2D eigenvalue weighted by molar-refractivity contribution is 0.412. The molecule has 0 saturated heterocycles. The first kappa shape index (κ1) is 15.3. The molecule has 1 aromatic rings. The van der Waals surface area contributed by atoms with Gasteiger partial charge >= 0.3 is 0 Å². The van der Waals surface area contributed by atoms with E-state index >= 15 is 0 Å². The zero-order valence-corrected chi connectivity index (χ0v) is 13.6. The van der Waals surface area contributed by atoms with Crippen LogP contribution in [0.1, 0.15) is 63.6 Å². The number of nitrogens with two attached hydrogens (primary N) is 1. The molecule has 0 unspecified atom stereocenters. The fourth-order valence-electron chi connectivity index (χ4n) is 2.38. The molecule has 4 nitrogen and oxygen atoms in total. The van der Waals surface area contributed by atoms with E-state index in [1.165, 1.54) is 32.1 Å². The van der Waals surface area contributed by atoms with E-state index in [1.54, 1.807) is 11.3 Å². The lowest BCUT2D eigenvalue weighted by Gasteiger charge is -2.23. The highest BCUT2D eigenvalue weighted by molar-refractivity contribution is 7.09. The van der Waals surface area contributed by atoms with E-state index in [2.05, 4.69) is 41.4 Å². The first-order chi connectivity index (χ1) is 9.45. The second-order valence-electron chi connectivity index (χ2n) is 6.56. The summed E-state index contributed by atoms with van der Waals surface area (Å²) >= 11 is 1.66. The fraction of sp³-hybridized carbons (Fsp3) is 0.733. The summed E-state index contributed by atoms with van der Waals surface area (Å²) in [5.74, 6) is 0.560. The Morgan fingerprint density at radius 2 is 2.10 bits per heavy atom. The van der Waals surface area contributed by atoms with Crippen LogP contribution >= 0.6 is 11.3 Å². The summed E-state index contributed by atoms with van der Waals surface area (Å²) in [4.78, 5) is 9.04. The van der Waals surface area contributed by atoms with Crippen molar-refractivity contribution in [2.24, 2.45) is 10.7 Å². The minimum atomic E-state index is 0.102. The zero-order valence-electron chi connectivity index (χ0n) is 12.8. The predicted molar refractivity (Wildman–Crippen MR) is 86.1 cm³/mol. The second kappa shape index (κ2) is 6.57. The molecular weight excluding hydrogens is 268 g/mol. The Morgan fingerprint density at radius 1 is 1.40 bits per heavy atom. The molecule has 1 fully saturated rings. The Morgan fingerprint density at radius 3 is 2.70 bits per heavy atom. The van der Waals surface area contributed by atoms with Gasteiger partial charge in [0.05, 0.1) is 12.2 Å². The summed E-state index contributed by atoms with van der Waals surface area (Å²) in [6, 6.07) is 0.508. The van der Waals surface area contributed by atoms with Crippen molar-refractivity contribution in [2.75, 3.05) is 0 Å². The number of hydrogen-bond donors (Lipinski definition) is 2. The van der Waals surface area contributed by atoms with Gasteiger partial charge in [0.15, 0.2) is 5.96 Å². The maximum atomic E-state index is 5.96. The number of guanidine groups is 1. The highest BCUT2D eigenvalue weighted by Crippen LogP contribution is 2.24. The second-order valence-corrected chi connectivity index (χ2v) is 7.50. The molecule has 0 bridgehead atoms. The molecular formula is C15H26N4S. The number of thiazole rings is 1. The van der Waals surface area contributed by atoms with E-state index in [-0.39, 0.29) is 5.41 Å². The van der Waals surface area contributed by atoms with Gasteiger partial charge in [0.2, 0.25) is 0 Å². The third-order valence-corrected chi connectivity index (χ3v) is 4.50. The predicted octanol–water partition coefficient (Wildman–Crippen LogP) is 3.18. The van der Waals surface area contributed by atoms with Crippen molar-refractivity contribution in [1.29, 1.82) is 0 Å². The van der Waals surface area contributed by atoms with Crippen LogP contribution in [0.4, 0.5) is 0 Å². The molecule has 1 aliphatic rings. The van der Waals surface area contributed by atoms with Crippen LogP contribution in [0.25, 0.3) is 0 Å². The van der Waals surface area contributed by atoms with E-state index < -0.39 is 0 Å². The van der Waals surface area contributed by atoms with Gasteiger partial charge < -0.3 is 11.1 Å². The van der Waals surface area contributed by atoms with Crippen LogP contribution in [0.5, 0.6) is 0 Å². The summed E-state index contributed by atoms with van der Waals surface area (Å²) in [6.45, 7) is 7.10. The average Bonchev–Trinajstić information content (AvgIpc) is 2.86. The first-order valence-electron chi connectivity index (χ1n) is 7.46. The van der Waals surface area contributed by atoms with Crippen LogP contribution in [0.3, 0.4) is 0 Å². The van der Waals surface area contributed by atoms with Crippen molar-refractivity contribution in [3.05, 3.63) is 16.1 Å². The molecule has 0 spiro atoms. The van der Waals surface area contributed by atoms with Gasteiger partial charge in [-0.3, -0.25) is 0 Å². The molecule has 0 amide bonds. The molecule has 0 aromatic carbocycles. The van der Waals surface area contributed by atoms with Crippen molar-refractivity contribution in [3.8, 4) is 0 Å². The molecule has 0 atom stereocenters. The number of aliphatic imine (C=N–C) groups is 1. The van der Waals surface area contributed by atoms with Gasteiger partial charge in [-0.05, 0) is 12.8 Å². The maximum Gasteiger partial charge on any atom is 0.189 e. The Kier molecular flexibility index (Phi) is 5.02. The van der Waals surface area contributed by atoms with Gasteiger partial charge in [0.1, 0.15) is 5.01 Å². The summed E-state index contributed by atoms with van der Waals surface area (Å²) in [6.07, 6.45) is 6.37. The highest BCUT2D eigenvalue weighted by Gasteiger charge is 2.17. The normalized spacial score (nSPS) is 18.2. The van der Waals surface area contributed by atoms with E-state index in [1.807, 2.05) is 0 Å². The number of nitrogens with zero attached hydrogens (tertiary/aromatic N) is 2. The van der Waals surface area contributed by atoms with Crippen molar-refractivity contribution >= 4 is 17.3 Å². The summed E-state index contributed by atoms with van der Waals surface area (Å²) in [5, 5.41) is 6.48. The van der Waals surface area contributed by atoms with Gasteiger partial charge in [0, 0.05) is 16.8 Å². The number of aromatic nitrogens is 1. The number of rotatable bonds is 3. The van der Waals surface area contributed by atoms with Crippen molar-refractivity contribution in [1.82, 2.24) is 10.3 Å².